The minimum absolute atomic E-state index is 0.112. The summed E-state index contributed by atoms with van der Waals surface area (Å²) in [5, 5.41) is 9.38. The molecule has 1 saturated carbocycles. The van der Waals surface area contributed by atoms with Crippen LogP contribution >= 0.6 is 0 Å². The molecule has 0 aliphatic heterocycles. The molecule has 1 aliphatic carbocycles. The van der Waals surface area contributed by atoms with E-state index in [2.05, 4.69) is 33.9 Å². The molecule has 4 N–H and O–H groups in total. The molecule has 0 bridgehead atoms. The summed E-state index contributed by atoms with van der Waals surface area (Å²) in [6.07, 6.45) is 10.3. The van der Waals surface area contributed by atoms with Gasteiger partial charge in [-0.25, -0.2) is 9.80 Å². The summed E-state index contributed by atoms with van der Waals surface area (Å²) in [5.74, 6) is -2.26. The normalized spacial score (nSPS) is 16.0. The maximum atomic E-state index is 12.9. The summed E-state index contributed by atoms with van der Waals surface area (Å²) < 4.78 is 34.6. The number of unbranched alkanes of at least 4 members (excludes halogenated alkanes) is 3. The van der Waals surface area contributed by atoms with Gasteiger partial charge in [0.1, 0.15) is 18.8 Å². The molecule has 224 valence electrons. The maximum Gasteiger partial charge on any atom is 0.437 e. The van der Waals surface area contributed by atoms with Gasteiger partial charge in [0.05, 0.1) is 0 Å². The first-order chi connectivity index (χ1) is 21.0. The van der Waals surface area contributed by atoms with Crippen LogP contribution in [0.4, 0.5) is 4.79 Å². The Hall–Kier alpha value is -4.15. The highest BCUT2D eigenvalue weighted by atomic mass is 16.6. The molecule has 0 aromatic heterocycles. The monoisotopic (exact) mass is 571 g/mol. The number of carbonyl (C=O) groups is 3. The quantitative estimate of drug-likeness (QED) is 0.0696. The van der Waals surface area contributed by atoms with Crippen LogP contribution in [0.5, 0.6) is 0 Å². The zero-order valence-corrected chi connectivity index (χ0v) is 23.6. The van der Waals surface area contributed by atoms with E-state index in [1.165, 1.54) is 0 Å². The number of amides is 2. The van der Waals surface area contributed by atoms with Gasteiger partial charge in [0, 0.05) is 17.5 Å². The van der Waals surface area contributed by atoms with Gasteiger partial charge < -0.3 is 20.5 Å². The second-order valence-electron chi connectivity index (χ2n) is 9.75. The Kier molecular flexibility index (Phi) is 12.6. The fourth-order valence-electron chi connectivity index (χ4n) is 4.31. The summed E-state index contributed by atoms with van der Waals surface area (Å²) in [6.45, 7) is 3.87. The van der Waals surface area contributed by atoms with Crippen LogP contribution in [0.3, 0.4) is 0 Å². The molecule has 1 aromatic rings. The van der Waals surface area contributed by atoms with Crippen molar-refractivity contribution < 1.29 is 28.0 Å². The van der Waals surface area contributed by atoms with Crippen molar-refractivity contribution in [3.8, 4) is 0 Å². The Bertz CT molecular complexity index is 1170. The fourth-order valence-corrected chi connectivity index (χ4v) is 4.31. The number of allylic oxidation sites excluding steroid dienone is 2. The number of nitrogens with two attached hydrogens (primary N) is 1. The first-order valence-corrected chi connectivity index (χ1v) is 13.9. The molecule has 2 amide bonds. The summed E-state index contributed by atoms with van der Waals surface area (Å²) in [5.41, 5.74) is 5.96. The molecule has 2 rings (SSSR count). The van der Waals surface area contributed by atoms with E-state index in [0.29, 0.717) is 24.8 Å². The van der Waals surface area contributed by atoms with Crippen LogP contribution in [-0.2, 0) is 25.7 Å². The Labute approximate surface area is 247 Å². The SMILES string of the molecule is [2H]C([2H])([2H])N(N=C(NCC(=O)OC1(CCC=C)CCCC1)NC(=O)CCCCCC=C)C(N)=NC(=O)OCc1ccccc1. The maximum absolute atomic E-state index is 12.9. The van der Waals surface area contributed by atoms with Gasteiger partial charge in [-0.15, -0.1) is 23.3 Å². The third-order valence-corrected chi connectivity index (χ3v) is 6.45. The Morgan fingerprint density at radius 3 is 2.54 bits per heavy atom. The van der Waals surface area contributed by atoms with Gasteiger partial charge in [-0.05, 0) is 63.4 Å². The number of hydrogen-bond acceptors (Lipinski definition) is 6. The van der Waals surface area contributed by atoms with E-state index < -0.39 is 43.1 Å². The van der Waals surface area contributed by atoms with Crippen molar-refractivity contribution in [3.63, 3.8) is 0 Å². The lowest BCUT2D eigenvalue weighted by atomic mass is 9.95. The third kappa shape index (κ3) is 13.2. The van der Waals surface area contributed by atoms with Crippen LogP contribution in [0.2, 0.25) is 0 Å². The average molecular weight is 572 g/mol. The van der Waals surface area contributed by atoms with Crippen molar-refractivity contribution in [2.24, 2.45) is 15.8 Å². The van der Waals surface area contributed by atoms with Crippen molar-refractivity contribution in [3.05, 3.63) is 61.2 Å². The van der Waals surface area contributed by atoms with E-state index in [4.69, 9.17) is 19.3 Å². The summed E-state index contributed by atoms with van der Waals surface area (Å²) in [4.78, 5) is 41.4. The smallest absolute Gasteiger partial charge is 0.437 e. The molecule has 0 heterocycles. The van der Waals surface area contributed by atoms with Gasteiger partial charge in [-0.2, -0.15) is 0 Å². The number of esters is 1. The molecule has 11 heteroatoms. The number of ether oxygens (including phenoxy) is 2. The molecule has 0 unspecified atom stereocenters. The topological polar surface area (TPSA) is 148 Å². The molecular weight excluding hydrogens is 524 g/mol. The second kappa shape index (κ2) is 18.2. The Morgan fingerprint density at radius 2 is 1.85 bits per heavy atom. The van der Waals surface area contributed by atoms with Crippen LogP contribution < -0.4 is 16.4 Å². The second-order valence-corrected chi connectivity index (χ2v) is 9.75. The Morgan fingerprint density at radius 1 is 1.12 bits per heavy atom. The van der Waals surface area contributed by atoms with Crippen molar-refractivity contribution in [1.29, 1.82) is 0 Å². The van der Waals surface area contributed by atoms with Crippen LogP contribution in [-0.4, -0.2) is 54.0 Å². The fraction of sp³-hybridized carbons (Fsp3) is 0.500. The number of aliphatic imine (C=N–C) groups is 1. The molecular formula is C30H44N6O5. The first kappa shape index (κ1) is 28.4. The lowest BCUT2D eigenvalue weighted by molar-refractivity contribution is -0.158. The van der Waals surface area contributed by atoms with E-state index in [9.17, 15) is 14.4 Å². The summed E-state index contributed by atoms with van der Waals surface area (Å²) in [7, 11) is 0. The molecule has 0 radical (unpaired) electrons. The van der Waals surface area contributed by atoms with Gasteiger partial charge in [-0.1, -0.05) is 48.9 Å². The van der Waals surface area contributed by atoms with Crippen LogP contribution in [0.15, 0.2) is 65.7 Å². The van der Waals surface area contributed by atoms with Crippen LogP contribution in [0.25, 0.3) is 0 Å². The highest BCUT2D eigenvalue weighted by Gasteiger charge is 2.36. The summed E-state index contributed by atoms with van der Waals surface area (Å²) in [6, 6.07) is 8.80. The third-order valence-electron chi connectivity index (χ3n) is 6.45. The van der Waals surface area contributed by atoms with Gasteiger partial charge in [-0.3, -0.25) is 14.9 Å². The number of rotatable bonds is 15. The largest absolute Gasteiger partial charge is 0.458 e. The number of hydrazone groups is 1. The van der Waals surface area contributed by atoms with E-state index in [-0.39, 0.29) is 24.0 Å². The van der Waals surface area contributed by atoms with Gasteiger partial charge in [0.15, 0.2) is 0 Å². The molecule has 0 atom stereocenters. The Balaban J connectivity index is 2.20. The van der Waals surface area contributed by atoms with Gasteiger partial charge in [0.25, 0.3) is 0 Å². The molecule has 11 nitrogen and oxygen atoms in total. The zero-order valence-electron chi connectivity index (χ0n) is 26.6. The lowest BCUT2D eigenvalue weighted by Gasteiger charge is -2.29. The van der Waals surface area contributed by atoms with Crippen LogP contribution in [0.1, 0.15) is 80.3 Å². The molecule has 41 heavy (non-hydrogen) atoms. The lowest BCUT2D eigenvalue weighted by Crippen LogP contribution is -2.46. The van der Waals surface area contributed by atoms with Crippen molar-refractivity contribution in [2.45, 2.75) is 82.8 Å². The predicted molar refractivity (Wildman–Crippen MR) is 160 cm³/mol. The van der Waals surface area contributed by atoms with Gasteiger partial charge >= 0.3 is 12.1 Å². The minimum Gasteiger partial charge on any atom is -0.458 e. The molecule has 0 saturated heterocycles. The van der Waals surface area contributed by atoms with E-state index in [0.717, 1.165) is 44.9 Å². The number of guanidine groups is 2. The molecule has 1 fully saturated rings. The van der Waals surface area contributed by atoms with E-state index in [1.807, 2.05) is 0 Å². The van der Waals surface area contributed by atoms with Crippen molar-refractivity contribution >= 4 is 29.9 Å². The minimum atomic E-state index is -3.02. The first-order valence-electron chi connectivity index (χ1n) is 15.4. The van der Waals surface area contributed by atoms with E-state index in [1.54, 1.807) is 42.5 Å². The van der Waals surface area contributed by atoms with Gasteiger partial charge in [0.2, 0.25) is 17.8 Å². The number of carbonyl (C=O) groups excluding carboxylic acids is 3. The zero-order chi connectivity index (χ0) is 32.4. The van der Waals surface area contributed by atoms with Crippen molar-refractivity contribution in [2.75, 3.05) is 13.5 Å². The molecule has 1 aliphatic rings. The molecule has 1 aromatic carbocycles. The number of nitrogens with zero attached hydrogens (tertiary/aromatic N) is 3. The number of hydrogen-bond donors (Lipinski definition) is 3. The standard InChI is InChI=1S/C30H44N6O5/c1-4-6-8-9-13-18-25(37)33-28(32-22-26(38)41-30(19-7-5-2)20-14-15-21-30)35-36(3)27(31)34-29(39)40-23-24-16-11-10-12-17-24/h4-5,10-12,16-17H,1-2,6-9,13-15,18-23H2,3H3,(H2,31,34,39)(H2,32,33,35,37)/i3D3. The highest BCUT2D eigenvalue weighted by molar-refractivity contribution is 5.98. The highest BCUT2D eigenvalue weighted by Crippen LogP contribution is 2.37. The predicted octanol–water partition coefficient (Wildman–Crippen LogP) is 4.51. The molecule has 0 spiro atoms. The van der Waals surface area contributed by atoms with Crippen LogP contribution in [0, 0.1) is 0 Å². The summed E-state index contributed by atoms with van der Waals surface area (Å²) >= 11 is 0. The van der Waals surface area contributed by atoms with E-state index >= 15 is 0 Å². The average Bonchev–Trinajstić information content (AvgIpc) is 3.44. The van der Waals surface area contributed by atoms with Crippen molar-refractivity contribution in [1.82, 2.24) is 15.6 Å². The number of benzene rings is 1. The number of nitrogens with one attached hydrogen (secondary N) is 2.